The number of methoxy groups -OCH3 is 1. The van der Waals surface area contributed by atoms with Gasteiger partial charge in [0.15, 0.2) is 5.69 Å². The highest BCUT2D eigenvalue weighted by Crippen LogP contribution is 2.39. The van der Waals surface area contributed by atoms with Gasteiger partial charge in [-0.05, 0) is 50.7 Å². The summed E-state index contributed by atoms with van der Waals surface area (Å²) in [7, 11) is 1.43. The summed E-state index contributed by atoms with van der Waals surface area (Å²) in [5.41, 5.74) is 1.39. The maximum atomic E-state index is 12.9. The summed E-state index contributed by atoms with van der Waals surface area (Å²) in [6, 6.07) is 2.89. The predicted molar refractivity (Wildman–Crippen MR) is 141 cm³/mol. The van der Waals surface area contributed by atoms with E-state index in [1.54, 1.807) is 10.7 Å². The molecule has 1 aliphatic rings. The molecule has 1 saturated carbocycles. The monoisotopic (exact) mass is 608 g/mol. The van der Waals surface area contributed by atoms with Crippen molar-refractivity contribution in [1.29, 1.82) is 0 Å². The molecule has 0 radical (unpaired) electrons. The lowest BCUT2D eigenvalue weighted by atomic mass is 9.83. The topological polar surface area (TPSA) is 136 Å². The van der Waals surface area contributed by atoms with Crippen molar-refractivity contribution in [1.82, 2.24) is 15.1 Å². The first kappa shape index (κ1) is 34.8. The van der Waals surface area contributed by atoms with Crippen molar-refractivity contribution in [3.63, 3.8) is 0 Å². The molecule has 1 aromatic heterocycles. The molecule has 2 N–H and O–H groups in total. The zero-order valence-corrected chi connectivity index (χ0v) is 24.0. The lowest BCUT2D eigenvalue weighted by Crippen LogP contribution is -2.33. The average molecular weight is 609 g/mol. The van der Waals surface area contributed by atoms with Crippen molar-refractivity contribution in [2.45, 2.75) is 65.2 Å². The van der Waals surface area contributed by atoms with Gasteiger partial charge in [-0.15, -0.1) is 0 Å². The molecule has 40 heavy (non-hydrogen) atoms. The van der Waals surface area contributed by atoms with Gasteiger partial charge in [0.25, 0.3) is 5.91 Å². The van der Waals surface area contributed by atoms with E-state index in [4.69, 9.17) is 34.3 Å². The van der Waals surface area contributed by atoms with Crippen LogP contribution in [0.1, 0.15) is 56.9 Å². The van der Waals surface area contributed by atoms with Crippen molar-refractivity contribution >= 4 is 40.9 Å². The maximum absolute atomic E-state index is 12.9. The van der Waals surface area contributed by atoms with Crippen LogP contribution in [-0.2, 0) is 27.7 Å². The fourth-order valence-corrected chi connectivity index (χ4v) is 4.56. The van der Waals surface area contributed by atoms with Crippen molar-refractivity contribution < 1.29 is 40.7 Å². The van der Waals surface area contributed by atoms with Gasteiger partial charge in [-0.1, -0.05) is 31.4 Å². The molecule has 15 heteroatoms. The Morgan fingerprint density at radius 2 is 1.82 bits per heavy atom. The number of ether oxygens (including phenoxy) is 1. The molecule has 1 heterocycles. The standard InChI is InChI=1S/C24H32ClF3N4O2.CO2.O2S/c1-5-32-22(18-11-10-17(12-19(18)34-4)30-15(3)24(26,27)28)20(25)21(31-32)23(33)29-13-16-8-6-14(2)7-9-16;2-1-3;1-3-2/h10-12,14-16,30H,5-9,13H2,1-4H3,(H,29,33);;/t14?,15-,16?;;/m1../s1. The fraction of sp³-hybridized carbons (Fsp3) is 0.560. The number of halogens is 4. The van der Waals surface area contributed by atoms with Crippen molar-refractivity contribution in [3.8, 4) is 17.0 Å². The summed E-state index contributed by atoms with van der Waals surface area (Å²) in [4.78, 5) is 29.1. The van der Waals surface area contributed by atoms with E-state index >= 15 is 0 Å². The van der Waals surface area contributed by atoms with E-state index in [1.807, 2.05) is 6.92 Å². The molecular formula is C25H32ClF3N4O6S. The lowest BCUT2D eigenvalue weighted by Gasteiger charge is -2.26. The first-order valence-corrected chi connectivity index (χ1v) is 13.4. The molecule has 10 nitrogen and oxygen atoms in total. The van der Waals surface area contributed by atoms with Crippen molar-refractivity contribution in [3.05, 3.63) is 28.9 Å². The summed E-state index contributed by atoms with van der Waals surface area (Å²) in [6.07, 6.45) is 0.390. The molecule has 0 aliphatic heterocycles. The number of anilines is 1. The van der Waals surface area contributed by atoms with Crippen LogP contribution in [0, 0.1) is 11.8 Å². The number of aryl methyl sites for hydroxylation is 1. The Morgan fingerprint density at radius 1 is 1.25 bits per heavy atom. The van der Waals surface area contributed by atoms with E-state index in [-0.39, 0.29) is 28.5 Å². The Hall–Kier alpha value is -3.22. The van der Waals surface area contributed by atoms with Gasteiger partial charge in [0.1, 0.15) is 11.8 Å². The summed E-state index contributed by atoms with van der Waals surface area (Å²) in [5, 5.41) is 9.99. The van der Waals surface area contributed by atoms with Crippen molar-refractivity contribution in [2.75, 3.05) is 19.0 Å². The molecule has 0 bridgehead atoms. The number of nitrogens with zero attached hydrogens (tertiary/aromatic N) is 2. The number of benzene rings is 1. The van der Waals surface area contributed by atoms with E-state index in [0.29, 0.717) is 36.0 Å². The first-order valence-electron chi connectivity index (χ1n) is 12.3. The van der Waals surface area contributed by atoms with Crippen LogP contribution < -0.4 is 15.4 Å². The highest BCUT2D eigenvalue weighted by Gasteiger charge is 2.36. The molecular weight excluding hydrogens is 577 g/mol. The van der Waals surface area contributed by atoms with E-state index < -0.39 is 23.8 Å². The molecule has 1 atom stereocenters. The summed E-state index contributed by atoms with van der Waals surface area (Å²) < 4.78 is 62.4. The molecule has 1 amide bonds. The Labute approximate surface area is 238 Å². The van der Waals surface area contributed by atoms with Gasteiger partial charge in [0, 0.05) is 30.4 Å². The number of hydrogen-bond donors (Lipinski definition) is 2. The lowest BCUT2D eigenvalue weighted by molar-refractivity contribution is -0.191. The molecule has 1 aromatic carbocycles. The van der Waals surface area contributed by atoms with Gasteiger partial charge in [-0.3, -0.25) is 9.48 Å². The fourth-order valence-electron chi connectivity index (χ4n) is 4.23. The highest BCUT2D eigenvalue weighted by atomic mass is 35.5. The second-order valence-electron chi connectivity index (χ2n) is 9.14. The van der Waals surface area contributed by atoms with Crippen LogP contribution in [0.5, 0.6) is 5.75 Å². The molecule has 222 valence electrons. The smallest absolute Gasteiger partial charge is 0.408 e. The SMILES string of the molecule is CCn1nc(C(=O)NCC2CCC(C)CC2)c(Cl)c1-c1ccc(N[C@H](C)C(F)(F)F)cc1OC.O=C=O.O=S=O. The molecule has 1 aliphatic carbocycles. The van der Waals surface area contributed by atoms with Gasteiger partial charge < -0.3 is 15.4 Å². The zero-order valence-electron chi connectivity index (χ0n) is 22.5. The largest absolute Gasteiger partial charge is 0.496 e. The minimum Gasteiger partial charge on any atom is -0.496 e. The third-order valence-electron chi connectivity index (χ3n) is 6.43. The number of aromatic nitrogens is 2. The third kappa shape index (κ3) is 10.1. The van der Waals surface area contributed by atoms with Gasteiger partial charge in [0.05, 0.1) is 17.8 Å². The molecule has 1 fully saturated rings. The van der Waals surface area contributed by atoms with Gasteiger partial charge >= 0.3 is 23.9 Å². The maximum Gasteiger partial charge on any atom is 0.408 e. The minimum atomic E-state index is -4.38. The predicted octanol–water partition coefficient (Wildman–Crippen LogP) is 4.90. The van der Waals surface area contributed by atoms with E-state index in [9.17, 15) is 18.0 Å². The van der Waals surface area contributed by atoms with E-state index in [0.717, 1.165) is 25.7 Å². The summed E-state index contributed by atoms with van der Waals surface area (Å²) in [5.74, 6) is 1.16. The highest BCUT2D eigenvalue weighted by molar-refractivity contribution is 7.51. The molecule has 2 aromatic rings. The van der Waals surface area contributed by atoms with Crippen LogP contribution in [-0.4, -0.2) is 56.1 Å². The molecule has 0 spiro atoms. The van der Waals surface area contributed by atoms with Gasteiger partial charge in [0.2, 0.25) is 0 Å². The third-order valence-corrected chi connectivity index (χ3v) is 6.78. The number of hydrogen-bond acceptors (Lipinski definition) is 8. The number of carbonyl (C=O) groups is 1. The Morgan fingerprint density at radius 3 is 2.33 bits per heavy atom. The number of carbonyl (C=O) groups excluding carboxylic acids is 3. The Bertz CT molecular complexity index is 1180. The zero-order chi connectivity index (χ0) is 30.5. The van der Waals surface area contributed by atoms with Crippen LogP contribution in [0.3, 0.4) is 0 Å². The number of alkyl halides is 3. The van der Waals surface area contributed by atoms with Crippen LogP contribution in [0.2, 0.25) is 5.02 Å². The van der Waals surface area contributed by atoms with E-state index in [1.165, 1.54) is 32.1 Å². The van der Waals surface area contributed by atoms with Crippen LogP contribution in [0.4, 0.5) is 18.9 Å². The van der Waals surface area contributed by atoms with E-state index in [2.05, 4.69) is 22.7 Å². The second-order valence-corrected chi connectivity index (χ2v) is 9.65. The average Bonchev–Trinajstić information content (AvgIpc) is 3.24. The van der Waals surface area contributed by atoms with Crippen LogP contribution in [0.25, 0.3) is 11.3 Å². The molecule has 0 unspecified atom stereocenters. The second kappa shape index (κ2) is 16.8. The summed E-state index contributed by atoms with van der Waals surface area (Å²) in [6.45, 7) is 6.18. The van der Waals surface area contributed by atoms with Gasteiger partial charge in [-0.25, -0.2) is 0 Å². The Kier molecular flexibility index (Phi) is 14.6. The molecule has 0 saturated heterocycles. The number of rotatable bonds is 8. The molecule has 3 rings (SSSR count). The quantitative estimate of drug-likeness (QED) is 0.432. The number of nitrogens with one attached hydrogen (secondary N) is 2. The van der Waals surface area contributed by atoms with Crippen LogP contribution in [0.15, 0.2) is 18.2 Å². The first-order chi connectivity index (χ1) is 18.9. The van der Waals surface area contributed by atoms with Gasteiger partial charge in [-0.2, -0.15) is 36.3 Å². The minimum absolute atomic E-state index is 0.123. The number of amides is 1. The Balaban J connectivity index is 0.00000122. The van der Waals surface area contributed by atoms with Crippen LogP contribution >= 0.6 is 11.6 Å². The normalized spacial score (nSPS) is 17.1. The van der Waals surface area contributed by atoms with Crippen molar-refractivity contribution in [2.24, 2.45) is 11.8 Å². The summed E-state index contributed by atoms with van der Waals surface area (Å²) >= 11 is 5.88.